The van der Waals surface area contributed by atoms with Crippen LogP contribution in [0.1, 0.15) is 25.7 Å². The Morgan fingerprint density at radius 2 is 1.91 bits per heavy atom. The summed E-state index contributed by atoms with van der Waals surface area (Å²) in [6.07, 6.45) is 5.02. The zero-order valence-electron chi connectivity index (χ0n) is 13.4. The van der Waals surface area contributed by atoms with Crippen molar-refractivity contribution < 1.29 is 18.3 Å². The van der Waals surface area contributed by atoms with Gasteiger partial charge in [0.15, 0.2) is 9.84 Å². The lowest BCUT2D eigenvalue weighted by molar-refractivity contribution is -0.117. The fourth-order valence-electron chi connectivity index (χ4n) is 2.43. The molecule has 0 aromatic heterocycles. The third-order valence-electron chi connectivity index (χ3n) is 3.83. The molecule has 0 saturated heterocycles. The maximum absolute atomic E-state index is 12.1. The highest BCUT2D eigenvalue weighted by Crippen LogP contribution is 2.27. The molecule has 1 fully saturated rings. The van der Waals surface area contributed by atoms with Crippen molar-refractivity contribution in [3.05, 3.63) is 24.3 Å². The summed E-state index contributed by atoms with van der Waals surface area (Å²) in [6, 6.07) is 6.66. The Morgan fingerprint density at radius 3 is 2.43 bits per heavy atom. The molecular formula is C16H24N2O4S. The van der Waals surface area contributed by atoms with Gasteiger partial charge in [-0.3, -0.25) is 9.69 Å². The van der Waals surface area contributed by atoms with E-state index in [1.165, 1.54) is 12.1 Å². The molecular weight excluding hydrogens is 316 g/mol. The summed E-state index contributed by atoms with van der Waals surface area (Å²) in [5.74, 6) is -0.104. The van der Waals surface area contributed by atoms with Gasteiger partial charge in [-0.15, -0.1) is 0 Å². The van der Waals surface area contributed by atoms with Crippen LogP contribution in [0.3, 0.4) is 0 Å². The van der Waals surface area contributed by atoms with Crippen LogP contribution in [0.5, 0.6) is 0 Å². The lowest BCUT2D eigenvalue weighted by Crippen LogP contribution is -2.35. The van der Waals surface area contributed by atoms with Crippen molar-refractivity contribution in [1.82, 2.24) is 4.90 Å². The van der Waals surface area contributed by atoms with Crippen LogP contribution < -0.4 is 5.32 Å². The van der Waals surface area contributed by atoms with Crippen molar-refractivity contribution in [1.29, 1.82) is 0 Å². The Hall–Kier alpha value is -1.44. The number of hydrogen-bond donors (Lipinski definition) is 2. The highest BCUT2D eigenvalue weighted by Gasteiger charge is 2.29. The minimum atomic E-state index is -3.22. The molecule has 7 heteroatoms. The third-order valence-corrected chi connectivity index (χ3v) is 4.96. The molecule has 0 spiro atoms. The number of sulfone groups is 1. The number of benzene rings is 1. The van der Waals surface area contributed by atoms with Gasteiger partial charge < -0.3 is 10.4 Å². The number of hydrogen-bond acceptors (Lipinski definition) is 5. The minimum Gasteiger partial charge on any atom is -0.396 e. The van der Waals surface area contributed by atoms with Gasteiger partial charge in [-0.05, 0) is 56.5 Å². The zero-order valence-corrected chi connectivity index (χ0v) is 14.2. The van der Waals surface area contributed by atoms with Crippen LogP contribution in [0.2, 0.25) is 0 Å². The molecule has 1 saturated carbocycles. The quantitative estimate of drug-likeness (QED) is 0.661. The van der Waals surface area contributed by atoms with Crippen LogP contribution in [-0.2, 0) is 14.6 Å². The van der Waals surface area contributed by atoms with E-state index in [9.17, 15) is 13.2 Å². The number of unbranched alkanes of at least 4 members (excludes halogenated alkanes) is 1. The standard InChI is InChI=1S/C16H24N2O4S/c1-23(21,22)15-8-4-13(5-9-15)17-16(20)12-18(14-6-7-14)10-2-3-11-19/h4-5,8-9,14,19H,2-3,6-7,10-12H2,1H3,(H,17,20). The molecule has 0 heterocycles. The molecule has 0 unspecified atom stereocenters. The monoisotopic (exact) mass is 340 g/mol. The Labute approximate surface area is 137 Å². The normalized spacial score (nSPS) is 14.9. The first-order valence-corrected chi connectivity index (χ1v) is 9.74. The molecule has 2 rings (SSSR count). The van der Waals surface area contributed by atoms with E-state index in [0.717, 1.165) is 38.5 Å². The highest BCUT2D eigenvalue weighted by molar-refractivity contribution is 7.90. The van der Waals surface area contributed by atoms with Gasteiger partial charge in [0.25, 0.3) is 0 Å². The van der Waals surface area contributed by atoms with Gasteiger partial charge in [0.05, 0.1) is 11.4 Å². The lowest BCUT2D eigenvalue weighted by Gasteiger charge is -2.21. The first kappa shape index (κ1) is 17.9. The zero-order chi connectivity index (χ0) is 16.9. The SMILES string of the molecule is CS(=O)(=O)c1ccc(NC(=O)CN(CCCCO)C2CC2)cc1. The van der Waals surface area contributed by atoms with Gasteiger partial charge in [0.2, 0.25) is 5.91 Å². The molecule has 1 aromatic rings. The fraction of sp³-hybridized carbons (Fsp3) is 0.562. The summed E-state index contributed by atoms with van der Waals surface area (Å²) in [4.78, 5) is 14.5. The number of anilines is 1. The number of nitrogens with zero attached hydrogens (tertiary/aromatic N) is 1. The van der Waals surface area contributed by atoms with E-state index < -0.39 is 9.84 Å². The van der Waals surface area contributed by atoms with E-state index in [-0.39, 0.29) is 17.4 Å². The van der Waals surface area contributed by atoms with E-state index in [2.05, 4.69) is 10.2 Å². The molecule has 23 heavy (non-hydrogen) atoms. The molecule has 0 aliphatic heterocycles. The molecule has 128 valence electrons. The predicted molar refractivity (Wildman–Crippen MR) is 89.1 cm³/mol. The molecule has 1 amide bonds. The predicted octanol–water partition coefficient (Wildman–Crippen LogP) is 1.27. The summed E-state index contributed by atoms with van der Waals surface area (Å²) >= 11 is 0. The van der Waals surface area contributed by atoms with Gasteiger partial charge in [-0.25, -0.2) is 8.42 Å². The number of aliphatic hydroxyl groups is 1. The van der Waals surface area contributed by atoms with E-state index in [1.807, 2.05) is 0 Å². The average Bonchev–Trinajstić information content (AvgIpc) is 3.30. The van der Waals surface area contributed by atoms with Crippen molar-refractivity contribution in [3.8, 4) is 0 Å². The Morgan fingerprint density at radius 1 is 1.26 bits per heavy atom. The number of rotatable bonds is 9. The summed E-state index contributed by atoms with van der Waals surface area (Å²) in [5.41, 5.74) is 0.591. The molecule has 1 aliphatic rings. The summed E-state index contributed by atoms with van der Waals surface area (Å²) in [6.45, 7) is 1.31. The van der Waals surface area contributed by atoms with Crippen molar-refractivity contribution >= 4 is 21.4 Å². The van der Waals surface area contributed by atoms with Gasteiger partial charge in [-0.1, -0.05) is 0 Å². The lowest BCUT2D eigenvalue weighted by atomic mass is 10.3. The number of aliphatic hydroxyl groups excluding tert-OH is 1. The highest BCUT2D eigenvalue weighted by atomic mass is 32.2. The summed E-state index contributed by atoms with van der Waals surface area (Å²) < 4.78 is 22.8. The number of carbonyl (C=O) groups is 1. The first-order chi connectivity index (χ1) is 10.9. The Kier molecular flexibility index (Phi) is 6.15. The number of amides is 1. The van der Waals surface area contributed by atoms with Crippen LogP contribution in [-0.4, -0.2) is 56.3 Å². The number of carbonyl (C=O) groups excluding carboxylic acids is 1. The van der Waals surface area contributed by atoms with E-state index in [4.69, 9.17) is 5.11 Å². The van der Waals surface area contributed by atoms with Gasteiger partial charge >= 0.3 is 0 Å². The molecule has 2 N–H and O–H groups in total. The van der Waals surface area contributed by atoms with Crippen molar-refractivity contribution in [2.45, 2.75) is 36.6 Å². The molecule has 6 nitrogen and oxygen atoms in total. The third kappa shape index (κ3) is 5.93. The largest absolute Gasteiger partial charge is 0.396 e. The van der Waals surface area contributed by atoms with Crippen LogP contribution in [0.15, 0.2) is 29.2 Å². The van der Waals surface area contributed by atoms with Crippen molar-refractivity contribution in [2.24, 2.45) is 0 Å². The molecule has 1 aliphatic carbocycles. The second kappa shape index (κ2) is 7.90. The minimum absolute atomic E-state index is 0.104. The Balaban J connectivity index is 1.87. The van der Waals surface area contributed by atoms with Crippen LogP contribution in [0.25, 0.3) is 0 Å². The van der Waals surface area contributed by atoms with Crippen LogP contribution >= 0.6 is 0 Å². The molecule has 0 bridgehead atoms. The summed E-state index contributed by atoms with van der Waals surface area (Å²) in [7, 11) is -3.22. The first-order valence-electron chi connectivity index (χ1n) is 7.85. The van der Waals surface area contributed by atoms with E-state index >= 15 is 0 Å². The second-order valence-corrected chi connectivity index (χ2v) is 7.99. The fourth-order valence-corrected chi connectivity index (χ4v) is 3.06. The van der Waals surface area contributed by atoms with Crippen LogP contribution in [0.4, 0.5) is 5.69 Å². The average molecular weight is 340 g/mol. The van der Waals surface area contributed by atoms with Gasteiger partial charge in [0.1, 0.15) is 0 Å². The van der Waals surface area contributed by atoms with Crippen LogP contribution in [0, 0.1) is 0 Å². The molecule has 1 aromatic carbocycles. The van der Waals surface area contributed by atoms with Crippen molar-refractivity contribution in [3.63, 3.8) is 0 Å². The van der Waals surface area contributed by atoms with Gasteiger partial charge in [0, 0.05) is 24.6 Å². The van der Waals surface area contributed by atoms with E-state index in [0.29, 0.717) is 18.3 Å². The smallest absolute Gasteiger partial charge is 0.238 e. The summed E-state index contributed by atoms with van der Waals surface area (Å²) in [5, 5.41) is 11.6. The second-order valence-electron chi connectivity index (χ2n) is 5.98. The number of nitrogens with one attached hydrogen (secondary N) is 1. The Bertz CT molecular complexity index is 624. The molecule has 0 atom stereocenters. The maximum Gasteiger partial charge on any atom is 0.238 e. The van der Waals surface area contributed by atoms with E-state index in [1.54, 1.807) is 12.1 Å². The molecule has 0 radical (unpaired) electrons. The van der Waals surface area contributed by atoms with Crippen molar-refractivity contribution in [2.75, 3.05) is 31.3 Å². The maximum atomic E-state index is 12.1. The topological polar surface area (TPSA) is 86.7 Å². The van der Waals surface area contributed by atoms with Gasteiger partial charge in [-0.2, -0.15) is 0 Å².